The molecule has 1 aliphatic heterocycles. The van der Waals surface area contributed by atoms with Crippen LogP contribution in [0, 0.1) is 0 Å². The van der Waals surface area contributed by atoms with Crippen LogP contribution in [-0.4, -0.2) is 70.9 Å². The molecule has 0 radical (unpaired) electrons. The number of amides is 1. The number of methoxy groups -OCH3 is 2. The third-order valence-electron chi connectivity index (χ3n) is 4.58. The summed E-state index contributed by atoms with van der Waals surface area (Å²) in [6.07, 6.45) is 3.49. The quantitative estimate of drug-likeness (QED) is 0.310. The molecule has 0 saturated carbocycles. The van der Waals surface area contributed by atoms with Gasteiger partial charge in [-0.1, -0.05) is 0 Å². The molecule has 0 aliphatic carbocycles. The number of aliphatic imine (C=N–C) groups is 1. The van der Waals surface area contributed by atoms with Gasteiger partial charge in [0.05, 0.1) is 33.4 Å². The fourth-order valence-corrected chi connectivity index (χ4v) is 2.82. The van der Waals surface area contributed by atoms with Crippen LogP contribution in [0.15, 0.2) is 23.2 Å². The molecule has 1 atom stereocenters. The average molecular weight is 520 g/mol. The van der Waals surface area contributed by atoms with Gasteiger partial charge in [-0.25, -0.2) is 4.99 Å². The van der Waals surface area contributed by atoms with Crippen molar-refractivity contribution in [3.63, 3.8) is 0 Å². The molecule has 1 aromatic rings. The van der Waals surface area contributed by atoms with Crippen molar-refractivity contribution in [1.82, 2.24) is 15.5 Å². The molecule has 9 heteroatoms. The average Bonchev–Trinajstić information content (AvgIpc) is 2.73. The van der Waals surface area contributed by atoms with Crippen molar-refractivity contribution in [1.29, 1.82) is 0 Å². The highest BCUT2D eigenvalue weighted by atomic mass is 127. The van der Waals surface area contributed by atoms with Gasteiger partial charge in [-0.3, -0.25) is 4.79 Å². The van der Waals surface area contributed by atoms with Crippen LogP contribution in [0.25, 0.3) is 0 Å². The van der Waals surface area contributed by atoms with Crippen LogP contribution in [0.2, 0.25) is 0 Å². The molecule has 29 heavy (non-hydrogen) atoms. The van der Waals surface area contributed by atoms with E-state index in [0.29, 0.717) is 24.8 Å². The van der Waals surface area contributed by atoms with Crippen molar-refractivity contribution in [2.45, 2.75) is 31.9 Å². The first-order valence-corrected chi connectivity index (χ1v) is 9.58. The molecule has 1 unspecified atom stereocenters. The van der Waals surface area contributed by atoms with Gasteiger partial charge in [-0.2, -0.15) is 0 Å². The highest BCUT2D eigenvalue weighted by Gasteiger charge is 2.15. The Kier molecular flexibility index (Phi) is 11.7. The van der Waals surface area contributed by atoms with Crippen molar-refractivity contribution in [2.75, 3.05) is 48.0 Å². The summed E-state index contributed by atoms with van der Waals surface area (Å²) in [5.41, 5.74) is 0.928. The minimum atomic E-state index is -0.0227. The van der Waals surface area contributed by atoms with E-state index in [2.05, 4.69) is 15.6 Å². The zero-order valence-electron chi connectivity index (χ0n) is 17.7. The SMILES string of the molecule is COc1ccc(CN=C(NCC(=O)N(C)C)NCC2CCCCO2)c(OC)c1.I. The molecule has 1 fully saturated rings. The van der Waals surface area contributed by atoms with E-state index in [9.17, 15) is 4.79 Å². The normalized spacial score (nSPS) is 16.4. The Balaban J connectivity index is 0.00000420. The van der Waals surface area contributed by atoms with Gasteiger partial charge in [0.2, 0.25) is 5.91 Å². The zero-order valence-corrected chi connectivity index (χ0v) is 20.0. The van der Waals surface area contributed by atoms with Gasteiger partial charge < -0.3 is 29.7 Å². The summed E-state index contributed by atoms with van der Waals surface area (Å²) in [7, 11) is 6.70. The summed E-state index contributed by atoms with van der Waals surface area (Å²) in [4.78, 5) is 18.1. The van der Waals surface area contributed by atoms with Crippen molar-refractivity contribution in [3.05, 3.63) is 23.8 Å². The Morgan fingerprint density at radius 1 is 1.24 bits per heavy atom. The highest BCUT2D eigenvalue weighted by molar-refractivity contribution is 14.0. The minimum Gasteiger partial charge on any atom is -0.497 e. The van der Waals surface area contributed by atoms with Crippen LogP contribution in [0.1, 0.15) is 24.8 Å². The second kappa shape index (κ2) is 13.5. The molecule has 1 amide bonds. The van der Waals surface area contributed by atoms with Crippen LogP contribution >= 0.6 is 24.0 Å². The summed E-state index contributed by atoms with van der Waals surface area (Å²) >= 11 is 0. The molecule has 1 aliphatic rings. The zero-order chi connectivity index (χ0) is 20.4. The topological polar surface area (TPSA) is 84.4 Å². The largest absolute Gasteiger partial charge is 0.497 e. The third kappa shape index (κ3) is 8.65. The molecule has 1 saturated heterocycles. The summed E-state index contributed by atoms with van der Waals surface area (Å²) in [5, 5.41) is 6.39. The number of carbonyl (C=O) groups excluding carboxylic acids is 1. The molecule has 2 rings (SSSR count). The van der Waals surface area contributed by atoms with E-state index in [1.54, 1.807) is 33.2 Å². The van der Waals surface area contributed by atoms with Gasteiger partial charge >= 0.3 is 0 Å². The number of hydrogen-bond acceptors (Lipinski definition) is 5. The van der Waals surface area contributed by atoms with Gasteiger partial charge in [0.1, 0.15) is 11.5 Å². The molecular weight excluding hydrogens is 487 g/mol. The van der Waals surface area contributed by atoms with E-state index in [1.165, 1.54) is 6.42 Å². The smallest absolute Gasteiger partial charge is 0.241 e. The van der Waals surface area contributed by atoms with E-state index >= 15 is 0 Å². The number of rotatable bonds is 8. The van der Waals surface area contributed by atoms with Gasteiger partial charge in [-0.15, -0.1) is 24.0 Å². The van der Waals surface area contributed by atoms with Crippen LogP contribution in [0.3, 0.4) is 0 Å². The Labute approximate surface area is 190 Å². The first-order valence-electron chi connectivity index (χ1n) is 9.58. The first kappa shape index (κ1) is 25.3. The molecule has 1 heterocycles. The number of halogens is 1. The van der Waals surface area contributed by atoms with Gasteiger partial charge in [0, 0.05) is 38.9 Å². The Bertz CT molecular complexity index is 664. The fraction of sp³-hybridized carbons (Fsp3) is 0.600. The van der Waals surface area contributed by atoms with Crippen LogP contribution < -0.4 is 20.1 Å². The minimum absolute atomic E-state index is 0. The molecule has 0 spiro atoms. The van der Waals surface area contributed by atoms with E-state index in [-0.39, 0.29) is 42.5 Å². The molecule has 0 aromatic heterocycles. The second-order valence-electron chi connectivity index (χ2n) is 6.85. The Morgan fingerprint density at radius 2 is 2.03 bits per heavy atom. The molecular formula is C20H33IN4O4. The van der Waals surface area contributed by atoms with Gasteiger partial charge in [0.15, 0.2) is 5.96 Å². The van der Waals surface area contributed by atoms with Crippen molar-refractivity contribution >= 4 is 35.8 Å². The predicted molar refractivity (Wildman–Crippen MR) is 124 cm³/mol. The number of likely N-dealkylation sites (N-methyl/N-ethyl adjacent to an activating group) is 1. The maximum atomic E-state index is 11.9. The second-order valence-corrected chi connectivity index (χ2v) is 6.85. The lowest BCUT2D eigenvalue weighted by atomic mass is 10.1. The molecule has 164 valence electrons. The number of guanidine groups is 1. The standard InChI is InChI=1S/C20H32N4O4.HI/c1-24(2)19(25)14-23-20(22-13-17-7-5-6-10-28-17)21-12-15-8-9-16(26-3)11-18(15)27-4;/h8-9,11,17H,5-7,10,12-14H2,1-4H3,(H2,21,22,23);1H. The summed E-state index contributed by atoms with van der Waals surface area (Å²) in [6, 6.07) is 5.63. The molecule has 0 bridgehead atoms. The molecule has 8 nitrogen and oxygen atoms in total. The maximum absolute atomic E-state index is 11.9. The maximum Gasteiger partial charge on any atom is 0.241 e. The van der Waals surface area contributed by atoms with Crippen molar-refractivity contribution < 1.29 is 19.0 Å². The lowest BCUT2D eigenvalue weighted by Gasteiger charge is -2.24. The van der Waals surface area contributed by atoms with Gasteiger partial charge in [0.25, 0.3) is 0 Å². The number of nitrogens with one attached hydrogen (secondary N) is 2. The number of hydrogen-bond donors (Lipinski definition) is 2. The first-order chi connectivity index (χ1) is 13.5. The monoisotopic (exact) mass is 520 g/mol. The van der Waals surface area contributed by atoms with Crippen LogP contribution in [0.5, 0.6) is 11.5 Å². The van der Waals surface area contributed by atoms with Crippen LogP contribution in [-0.2, 0) is 16.1 Å². The lowest BCUT2D eigenvalue weighted by molar-refractivity contribution is -0.127. The summed E-state index contributed by atoms with van der Waals surface area (Å²) in [6.45, 7) is 2.03. The number of ether oxygens (including phenoxy) is 3. The van der Waals surface area contributed by atoms with E-state index in [4.69, 9.17) is 14.2 Å². The fourth-order valence-electron chi connectivity index (χ4n) is 2.82. The Morgan fingerprint density at radius 3 is 2.66 bits per heavy atom. The number of nitrogens with zero attached hydrogens (tertiary/aromatic N) is 2. The van der Waals surface area contributed by atoms with E-state index in [1.807, 2.05) is 18.2 Å². The number of benzene rings is 1. The van der Waals surface area contributed by atoms with E-state index in [0.717, 1.165) is 30.8 Å². The molecule has 2 N–H and O–H groups in total. The predicted octanol–water partition coefficient (Wildman–Crippen LogP) is 2.01. The van der Waals surface area contributed by atoms with Crippen LogP contribution in [0.4, 0.5) is 0 Å². The van der Waals surface area contributed by atoms with Gasteiger partial charge in [-0.05, 0) is 31.4 Å². The van der Waals surface area contributed by atoms with E-state index < -0.39 is 0 Å². The number of carbonyl (C=O) groups is 1. The lowest BCUT2D eigenvalue weighted by Crippen LogP contribution is -2.45. The van der Waals surface area contributed by atoms with Crippen molar-refractivity contribution in [3.8, 4) is 11.5 Å². The third-order valence-corrected chi connectivity index (χ3v) is 4.58. The summed E-state index contributed by atoms with van der Waals surface area (Å²) < 4.78 is 16.4. The molecule has 1 aromatic carbocycles. The van der Waals surface area contributed by atoms with Crippen molar-refractivity contribution in [2.24, 2.45) is 4.99 Å². The highest BCUT2D eigenvalue weighted by Crippen LogP contribution is 2.25. The summed E-state index contributed by atoms with van der Waals surface area (Å²) in [5.74, 6) is 1.99. The Hall–Kier alpha value is -1.75.